The van der Waals surface area contributed by atoms with Crippen molar-refractivity contribution in [1.29, 1.82) is 0 Å². The zero-order valence-electron chi connectivity index (χ0n) is 18.8. The van der Waals surface area contributed by atoms with Gasteiger partial charge in [0, 0.05) is 61.9 Å². The second kappa shape index (κ2) is 7.74. The Bertz CT molecular complexity index is 1250. The van der Waals surface area contributed by atoms with Crippen LogP contribution in [0.2, 0.25) is 0 Å². The SMILES string of the molecule is C[C@H](NC(=O)N1CCC2(CCn3nc(-c4cnc(N)c(C(F)(F)F)c4)cc32)C1)c1nccn1C. The number of carbonyl (C=O) groups is 1. The first kappa shape index (κ1) is 22.2. The molecule has 1 fully saturated rings. The van der Waals surface area contributed by atoms with Gasteiger partial charge in [0.1, 0.15) is 11.6 Å². The Hall–Kier alpha value is -3.57. The van der Waals surface area contributed by atoms with E-state index in [1.54, 1.807) is 11.1 Å². The first-order valence-corrected chi connectivity index (χ1v) is 11.0. The van der Waals surface area contributed by atoms with Crippen LogP contribution in [-0.4, -0.2) is 48.3 Å². The van der Waals surface area contributed by atoms with E-state index in [9.17, 15) is 18.0 Å². The van der Waals surface area contributed by atoms with E-state index in [1.807, 2.05) is 35.5 Å². The highest BCUT2D eigenvalue weighted by Gasteiger charge is 2.47. The van der Waals surface area contributed by atoms with Gasteiger partial charge < -0.3 is 20.5 Å². The molecule has 1 saturated heterocycles. The summed E-state index contributed by atoms with van der Waals surface area (Å²) in [5.74, 6) is 0.206. The normalized spacial score (nSPS) is 20.7. The van der Waals surface area contributed by atoms with Gasteiger partial charge in [-0.3, -0.25) is 4.68 Å². The summed E-state index contributed by atoms with van der Waals surface area (Å²) < 4.78 is 43.5. The van der Waals surface area contributed by atoms with Gasteiger partial charge in [0.2, 0.25) is 0 Å². The lowest BCUT2D eigenvalue weighted by Gasteiger charge is -2.24. The zero-order valence-corrected chi connectivity index (χ0v) is 18.8. The fraction of sp³-hybridized carbons (Fsp3) is 0.455. The largest absolute Gasteiger partial charge is 0.419 e. The zero-order chi connectivity index (χ0) is 24.3. The van der Waals surface area contributed by atoms with Crippen molar-refractivity contribution < 1.29 is 18.0 Å². The van der Waals surface area contributed by atoms with Gasteiger partial charge in [-0.05, 0) is 31.9 Å². The lowest BCUT2D eigenvalue weighted by Crippen LogP contribution is -2.41. The summed E-state index contributed by atoms with van der Waals surface area (Å²) in [6, 6.07) is 2.40. The molecule has 180 valence electrons. The van der Waals surface area contributed by atoms with Gasteiger partial charge in [0.05, 0.1) is 17.3 Å². The molecular weight excluding hydrogens is 449 g/mol. The van der Waals surface area contributed by atoms with Gasteiger partial charge in [-0.25, -0.2) is 14.8 Å². The smallest absolute Gasteiger partial charge is 0.383 e. The number of alkyl halides is 3. The van der Waals surface area contributed by atoms with Crippen molar-refractivity contribution in [3.63, 3.8) is 0 Å². The molecule has 0 aromatic carbocycles. The Morgan fingerprint density at radius 3 is 2.71 bits per heavy atom. The van der Waals surface area contributed by atoms with E-state index >= 15 is 0 Å². The van der Waals surface area contributed by atoms with Crippen LogP contribution in [0.25, 0.3) is 11.3 Å². The average molecular weight is 474 g/mol. The molecule has 1 spiro atoms. The maximum absolute atomic E-state index is 13.3. The van der Waals surface area contributed by atoms with Gasteiger partial charge in [-0.2, -0.15) is 18.3 Å². The molecule has 9 nitrogen and oxygen atoms in total. The number of aromatic nitrogens is 5. The van der Waals surface area contributed by atoms with E-state index in [0.717, 1.165) is 30.4 Å². The van der Waals surface area contributed by atoms with E-state index in [-0.39, 0.29) is 23.1 Å². The van der Waals surface area contributed by atoms with Crippen LogP contribution >= 0.6 is 0 Å². The topological polar surface area (TPSA) is 107 Å². The first-order chi connectivity index (χ1) is 16.1. The monoisotopic (exact) mass is 474 g/mol. The second-order valence-electron chi connectivity index (χ2n) is 9.06. The van der Waals surface area contributed by atoms with Crippen molar-refractivity contribution in [2.45, 2.75) is 43.9 Å². The van der Waals surface area contributed by atoms with Crippen LogP contribution in [0.3, 0.4) is 0 Å². The summed E-state index contributed by atoms with van der Waals surface area (Å²) >= 11 is 0. The molecule has 0 aliphatic carbocycles. The summed E-state index contributed by atoms with van der Waals surface area (Å²) in [5.41, 5.74) is 5.79. The lowest BCUT2D eigenvalue weighted by molar-refractivity contribution is -0.137. The summed E-state index contributed by atoms with van der Waals surface area (Å²) in [5, 5.41) is 7.54. The number of rotatable bonds is 3. The maximum Gasteiger partial charge on any atom is 0.419 e. The fourth-order valence-electron chi connectivity index (χ4n) is 5.04. The van der Waals surface area contributed by atoms with Crippen LogP contribution in [0.1, 0.15) is 42.9 Å². The first-order valence-electron chi connectivity index (χ1n) is 11.0. The molecule has 3 aromatic heterocycles. The average Bonchev–Trinajstić information content (AvgIpc) is 3.54. The Morgan fingerprint density at radius 2 is 2.00 bits per heavy atom. The number of nitrogens with one attached hydrogen (secondary N) is 1. The molecule has 2 atom stereocenters. The maximum atomic E-state index is 13.3. The molecule has 5 heterocycles. The van der Waals surface area contributed by atoms with Gasteiger partial charge in [-0.15, -0.1) is 0 Å². The third-order valence-corrected chi connectivity index (χ3v) is 6.87. The number of amides is 2. The molecule has 2 aliphatic heterocycles. The summed E-state index contributed by atoms with van der Waals surface area (Å²) in [6.07, 6.45) is 1.81. The highest BCUT2D eigenvalue weighted by Crippen LogP contribution is 2.44. The number of nitrogens with zero attached hydrogens (tertiary/aromatic N) is 6. The number of urea groups is 1. The third kappa shape index (κ3) is 3.66. The number of nitrogens with two attached hydrogens (primary N) is 1. The van der Waals surface area contributed by atoms with Crippen LogP contribution in [0.15, 0.2) is 30.7 Å². The van der Waals surface area contributed by atoms with Crippen LogP contribution < -0.4 is 11.1 Å². The third-order valence-electron chi connectivity index (χ3n) is 6.87. The summed E-state index contributed by atoms with van der Waals surface area (Å²) in [7, 11) is 1.88. The molecule has 3 N–H and O–H groups in total. The van der Waals surface area contributed by atoms with Gasteiger partial charge in [0.25, 0.3) is 0 Å². The number of fused-ring (bicyclic) bond motifs is 2. The van der Waals surface area contributed by atoms with Crippen molar-refractivity contribution >= 4 is 11.8 Å². The number of nitrogen functional groups attached to an aromatic ring is 1. The number of halogens is 3. The highest BCUT2D eigenvalue weighted by molar-refractivity contribution is 5.75. The number of aryl methyl sites for hydroxylation is 2. The highest BCUT2D eigenvalue weighted by atomic mass is 19.4. The number of likely N-dealkylation sites (tertiary alicyclic amines) is 1. The van der Waals surface area contributed by atoms with Crippen LogP contribution in [-0.2, 0) is 25.2 Å². The summed E-state index contributed by atoms with van der Waals surface area (Å²) in [6.45, 7) is 3.63. The Morgan fingerprint density at radius 1 is 1.24 bits per heavy atom. The van der Waals surface area contributed by atoms with E-state index in [0.29, 0.717) is 25.3 Å². The van der Waals surface area contributed by atoms with Crippen molar-refractivity contribution in [1.82, 2.24) is 34.5 Å². The van der Waals surface area contributed by atoms with Crippen molar-refractivity contribution in [3.8, 4) is 11.3 Å². The Balaban J connectivity index is 1.35. The number of anilines is 1. The summed E-state index contributed by atoms with van der Waals surface area (Å²) in [4.78, 5) is 22.7. The molecule has 2 aliphatic rings. The molecule has 0 radical (unpaired) electrons. The molecular formula is C22H25F3N8O. The number of hydrogen-bond acceptors (Lipinski definition) is 5. The molecule has 2 amide bonds. The molecule has 1 unspecified atom stereocenters. The molecule has 5 rings (SSSR count). The van der Waals surface area contributed by atoms with E-state index < -0.39 is 17.6 Å². The quantitative estimate of drug-likeness (QED) is 0.607. The number of hydrogen-bond donors (Lipinski definition) is 2. The molecule has 0 saturated carbocycles. The van der Waals surface area contributed by atoms with Crippen molar-refractivity contribution in [2.75, 3.05) is 18.8 Å². The minimum atomic E-state index is -4.60. The minimum absolute atomic E-state index is 0.164. The predicted molar refractivity (Wildman–Crippen MR) is 118 cm³/mol. The van der Waals surface area contributed by atoms with Crippen molar-refractivity contribution in [2.24, 2.45) is 7.05 Å². The lowest BCUT2D eigenvalue weighted by atomic mass is 9.82. The fourth-order valence-corrected chi connectivity index (χ4v) is 5.04. The number of pyridine rings is 1. The molecule has 0 bridgehead atoms. The Kier molecular flexibility index (Phi) is 5.06. The van der Waals surface area contributed by atoms with E-state index in [2.05, 4.69) is 20.4 Å². The number of imidazole rings is 1. The van der Waals surface area contributed by atoms with Crippen LogP contribution in [0.5, 0.6) is 0 Å². The van der Waals surface area contributed by atoms with E-state index in [1.165, 1.54) is 6.20 Å². The molecule has 12 heteroatoms. The second-order valence-corrected chi connectivity index (χ2v) is 9.06. The standard InChI is InChI=1S/C22H25F3N8O/c1-13(19-27-5-8-31(19)2)29-20(34)32-6-3-21(12-32)4-7-33-17(21)10-16(30-33)14-9-15(22(23,24)25)18(26)28-11-14/h5,8-11,13H,3-4,6-7,12H2,1-2H3,(H2,26,28)(H,29,34)/t13-,21?/m0/s1. The van der Waals surface area contributed by atoms with Crippen molar-refractivity contribution in [3.05, 3.63) is 47.8 Å². The van der Waals surface area contributed by atoms with E-state index in [4.69, 9.17) is 5.73 Å². The minimum Gasteiger partial charge on any atom is -0.383 e. The molecule has 3 aromatic rings. The Labute approximate surface area is 193 Å². The predicted octanol–water partition coefficient (Wildman–Crippen LogP) is 3.10. The molecule has 34 heavy (non-hydrogen) atoms. The number of carbonyl (C=O) groups excluding carboxylic acids is 1. The van der Waals surface area contributed by atoms with Crippen LogP contribution in [0.4, 0.5) is 23.8 Å². The van der Waals surface area contributed by atoms with Crippen LogP contribution in [0, 0.1) is 0 Å². The van der Waals surface area contributed by atoms with Gasteiger partial charge >= 0.3 is 12.2 Å². The van der Waals surface area contributed by atoms with Gasteiger partial charge in [0.15, 0.2) is 0 Å². The van der Waals surface area contributed by atoms with Gasteiger partial charge in [-0.1, -0.05) is 0 Å².